The van der Waals surface area contributed by atoms with Gasteiger partial charge in [-0.15, -0.1) is 0 Å². The molecule has 86 valence electrons. The molecule has 0 radical (unpaired) electrons. The highest BCUT2D eigenvalue weighted by molar-refractivity contribution is 6.31. The second kappa shape index (κ2) is 4.48. The number of halogens is 1. The van der Waals surface area contributed by atoms with E-state index < -0.39 is 0 Å². The van der Waals surface area contributed by atoms with E-state index in [9.17, 15) is 0 Å². The Hall–Kier alpha value is -1.99. The first-order valence-corrected chi connectivity index (χ1v) is 5.35. The maximum absolute atomic E-state index is 8.95. The van der Waals surface area contributed by atoms with Crippen LogP contribution in [0.5, 0.6) is 5.75 Å². The Kier molecular flexibility index (Phi) is 3.03. The number of rotatable bonds is 2. The lowest BCUT2D eigenvalue weighted by atomic mass is 10.3. The molecule has 1 aromatic heterocycles. The zero-order chi connectivity index (χ0) is 12.4. The molecule has 0 aliphatic rings. The molecule has 0 unspecified atom stereocenters. The summed E-state index contributed by atoms with van der Waals surface area (Å²) in [7, 11) is 1.59. The standard InChI is InChI=1S/C12H10ClN3O/c1-8-11(7-14)12(13)16(15-8)9-4-3-5-10(6-9)17-2/h3-6H,1-2H3. The number of ether oxygens (including phenoxy) is 1. The topological polar surface area (TPSA) is 50.8 Å². The Balaban J connectivity index is 2.57. The van der Waals surface area contributed by atoms with Crippen molar-refractivity contribution in [2.75, 3.05) is 7.11 Å². The van der Waals surface area contributed by atoms with Gasteiger partial charge >= 0.3 is 0 Å². The largest absolute Gasteiger partial charge is 0.497 e. The molecule has 2 aromatic rings. The third-order valence-corrected chi connectivity index (χ3v) is 2.76. The van der Waals surface area contributed by atoms with Crippen molar-refractivity contribution >= 4 is 11.6 Å². The summed E-state index contributed by atoms with van der Waals surface area (Å²) in [5.74, 6) is 0.713. The molecule has 0 fully saturated rings. The summed E-state index contributed by atoms with van der Waals surface area (Å²) in [5.41, 5.74) is 1.77. The van der Waals surface area contributed by atoms with Gasteiger partial charge in [-0.2, -0.15) is 10.4 Å². The molecule has 0 N–H and O–H groups in total. The van der Waals surface area contributed by atoms with Crippen LogP contribution in [-0.4, -0.2) is 16.9 Å². The van der Waals surface area contributed by atoms with Crippen molar-refractivity contribution in [3.8, 4) is 17.5 Å². The van der Waals surface area contributed by atoms with Gasteiger partial charge in [0, 0.05) is 6.07 Å². The van der Waals surface area contributed by atoms with E-state index in [2.05, 4.69) is 5.10 Å². The molecule has 0 spiro atoms. The van der Waals surface area contributed by atoms with Crippen LogP contribution in [0.2, 0.25) is 5.15 Å². The van der Waals surface area contributed by atoms with Gasteiger partial charge in [-0.05, 0) is 19.1 Å². The smallest absolute Gasteiger partial charge is 0.150 e. The van der Waals surface area contributed by atoms with Crippen molar-refractivity contribution in [1.82, 2.24) is 9.78 Å². The SMILES string of the molecule is COc1cccc(-n2nc(C)c(C#N)c2Cl)c1. The highest BCUT2D eigenvalue weighted by atomic mass is 35.5. The normalized spacial score (nSPS) is 10.0. The number of nitrogens with zero attached hydrogens (tertiary/aromatic N) is 3. The van der Waals surface area contributed by atoms with Gasteiger partial charge in [0.1, 0.15) is 17.4 Å². The van der Waals surface area contributed by atoms with E-state index in [1.165, 1.54) is 4.68 Å². The Morgan fingerprint density at radius 1 is 1.47 bits per heavy atom. The summed E-state index contributed by atoms with van der Waals surface area (Å²) >= 11 is 6.10. The summed E-state index contributed by atoms with van der Waals surface area (Å²) in [5, 5.41) is 13.5. The second-order valence-electron chi connectivity index (χ2n) is 3.48. The number of aryl methyl sites for hydroxylation is 1. The van der Waals surface area contributed by atoms with E-state index in [0.717, 1.165) is 5.69 Å². The van der Waals surface area contributed by atoms with Crippen molar-refractivity contribution in [2.45, 2.75) is 6.92 Å². The number of nitriles is 1. The monoisotopic (exact) mass is 247 g/mol. The molecule has 0 atom stereocenters. The minimum Gasteiger partial charge on any atom is -0.497 e. The number of methoxy groups -OCH3 is 1. The molecule has 0 amide bonds. The molecule has 0 bridgehead atoms. The van der Waals surface area contributed by atoms with Gasteiger partial charge in [-0.25, -0.2) is 4.68 Å². The molecule has 5 heteroatoms. The molecular formula is C12H10ClN3O. The van der Waals surface area contributed by atoms with Gasteiger partial charge in [-0.3, -0.25) is 0 Å². The number of aromatic nitrogens is 2. The van der Waals surface area contributed by atoms with Gasteiger partial charge in [0.15, 0.2) is 5.15 Å². The zero-order valence-corrected chi connectivity index (χ0v) is 10.2. The van der Waals surface area contributed by atoms with Gasteiger partial charge < -0.3 is 4.74 Å². The summed E-state index contributed by atoms with van der Waals surface area (Å²) in [4.78, 5) is 0. The molecular weight excluding hydrogens is 238 g/mol. The summed E-state index contributed by atoms with van der Waals surface area (Å²) in [6.07, 6.45) is 0. The fraction of sp³-hybridized carbons (Fsp3) is 0.167. The molecule has 17 heavy (non-hydrogen) atoms. The maximum atomic E-state index is 8.95. The summed E-state index contributed by atoms with van der Waals surface area (Å²) in [6.45, 7) is 1.75. The van der Waals surface area contributed by atoms with Crippen LogP contribution in [0.4, 0.5) is 0 Å². The van der Waals surface area contributed by atoms with Crippen molar-refractivity contribution in [2.24, 2.45) is 0 Å². The second-order valence-corrected chi connectivity index (χ2v) is 3.83. The first kappa shape index (κ1) is 11.5. The lowest BCUT2D eigenvalue weighted by Crippen LogP contribution is -1.97. The van der Waals surface area contributed by atoms with E-state index in [-0.39, 0.29) is 0 Å². The van der Waals surface area contributed by atoms with E-state index in [1.54, 1.807) is 20.1 Å². The summed E-state index contributed by atoms with van der Waals surface area (Å²) < 4.78 is 6.66. The minimum atomic E-state index is 0.318. The van der Waals surface area contributed by atoms with Crippen molar-refractivity contribution < 1.29 is 4.74 Å². The fourth-order valence-electron chi connectivity index (χ4n) is 1.54. The van der Waals surface area contributed by atoms with Crippen LogP contribution in [0.15, 0.2) is 24.3 Å². The van der Waals surface area contributed by atoms with Crippen LogP contribution in [0.1, 0.15) is 11.3 Å². The number of hydrogen-bond acceptors (Lipinski definition) is 3. The first-order valence-electron chi connectivity index (χ1n) is 4.97. The third kappa shape index (κ3) is 1.97. The van der Waals surface area contributed by atoms with Gasteiger partial charge in [0.05, 0.1) is 18.5 Å². The molecule has 0 aliphatic carbocycles. The van der Waals surface area contributed by atoms with Crippen LogP contribution in [0.25, 0.3) is 5.69 Å². The Labute approximate surface area is 104 Å². The molecule has 4 nitrogen and oxygen atoms in total. The lowest BCUT2D eigenvalue weighted by molar-refractivity contribution is 0.414. The Morgan fingerprint density at radius 3 is 2.82 bits per heavy atom. The summed E-state index contributed by atoms with van der Waals surface area (Å²) in [6, 6.07) is 9.36. The van der Waals surface area contributed by atoms with E-state index in [1.807, 2.05) is 24.3 Å². The van der Waals surface area contributed by atoms with E-state index in [0.29, 0.717) is 22.2 Å². The van der Waals surface area contributed by atoms with Crippen LogP contribution >= 0.6 is 11.6 Å². The quantitative estimate of drug-likeness (QED) is 0.820. The third-order valence-electron chi connectivity index (χ3n) is 2.41. The molecule has 1 heterocycles. The van der Waals surface area contributed by atoms with Crippen LogP contribution < -0.4 is 4.74 Å². The molecule has 0 saturated heterocycles. The predicted octanol–water partition coefficient (Wildman–Crippen LogP) is 2.71. The first-order chi connectivity index (χ1) is 8.17. The van der Waals surface area contributed by atoms with E-state index in [4.69, 9.17) is 21.6 Å². The molecule has 0 aliphatic heterocycles. The maximum Gasteiger partial charge on any atom is 0.150 e. The lowest BCUT2D eigenvalue weighted by Gasteiger charge is -2.05. The van der Waals surface area contributed by atoms with Gasteiger partial charge in [0.2, 0.25) is 0 Å². The average Bonchev–Trinajstić information content (AvgIpc) is 2.64. The van der Waals surface area contributed by atoms with Crippen molar-refractivity contribution in [3.05, 3.63) is 40.7 Å². The number of hydrogen-bond donors (Lipinski definition) is 0. The highest BCUT2D eigenvalue weighted by Gasteiger charge is 2.14. The molecule has 2 rings (SSSR count). The molecule has 1 aromatic carbocycles. The Morgan fingerprint density at radius 2 is 2.24 bits per heavy atom. The Bertz CT molecular complexity index is 598. The average molecular weight is 248 g/mol. The highest BCUT2D eigenvalue weighted by Crippen LogP contribution is 2.24. The number of benzene rings is 1. The fourth-order valence-corrected chi connectivity index (χ4v) is 1.85. The van der Waals surface area contributed by atoms with Crippen LogP contribution in [0.3, 0.4) is 0 Å². The van der Waals surface area contributed by atoms with Crippen molar-refractivity contribution in [3.63, 3.8) is 0 Å². The van der Waals surface area contributed by atoms with Crippen LogP contribution in [-0.2, 0) is 0 Å². The minimum absolute atomic E-state index is 0.318. The van der Waals surface area contributed by atoms with E-state index >= 15 is 0 Å². The zero-order valence-electron chi connectivity index (χ0n) is 9.44. The molecule has 0 saturated carbocycles. The van der Waals surface area contributed by atoms with Crippen LogP contribution in [0, 0.1) is 18.3 Å². The van der Waals surface area contributed by atoms with Crippen molar-refractivity contribution in [1.29, 1.82) is 5.26 Å². The van der Waals surface area contributed by atoms with Gasteiger partial charge in [-0.1, -0.05) is 17.7 Å². The predicted molar refractivity (Wildman–Crippen MR) is 64.6 cm³/mol. The van der Waals surface area contributed by atoms with Gasteiger partial charge in [0.25, 0.3) is 0 Å².